The van der Waals surface area contributed by atoms with Gasteiger partial charge in [-0.15, -0.1) is 0 Å². The van der Waals surface area contributed by atoms with E-state index >= 15 is 0 Å². The smallest absolute Gasteiger partial charge is 0.237 e. The molecule has 0 bridgehead atoms. The lowest BCUT2D eigenvalue weighted by molar-refractivity contribution is -0.125. The molecule has 2 atom stereocenters. The molecule has 0 aromatic heterocycles. The maximum absolute atomic E-state index is 13.0. The van der Waals surface area contributed by atoms with Crippen molar-refractivity contribution >= 4 is 5.91 Å². The van der Waals surface area contributed by atoms with Crippen LogP contribution >= 0.6 is 0 Å². The molecule has 0 unspecified atom stereocenters. The number of hydrogen-bond donors (Lipinski definition) is 2. The van der Waals surface area contributed by atoms with Crippen LogP contribution in [0.1, 0.15) is 31.4 Å². The fourth-order valence-corrected chi connectivity index (χ4v) is 4.31. The molecule has 2 aliphatic heterocycles. The standard InChI is InChI=1S/C24H31N3O3/c1-17(2)26-20-13-21(27(15-20)14-19-6-4-3-5-7-19)24(28)25-11-10-18-8-9-22-23(12-18)30-16-29-22/h3-9,12,17,20-21,26H,10-11,13-16H2,1-2H3,(H,25,28)/t20-,21-/m0/s1. The molecule has 0 aliphatic carbocycles. The minimum absolute atomic E-state index is 0.111. The zero-order valence-corrected chi connectivity index (χ0v) is 17.8. The highest BCUT2D eigenvalue weighted by molar-refractivity contribution is 5.82. The number of ether oxygens (including phenoxy) is 2. The van der Waals surface area contributed by atoms with E-state index in [1.54, 1.807) is 0 Å². The van der Waals surface area contributed by atoms with Crippen molar-refractivity contribution in [3.8, 4) is 11.5 Å². The van der Waals surface area contributed by atoms with Gasteiger partial charge in [-0.3, -0.25) is 9.69 Å². The summed E-state index contributed by atoms with van der Waals surface area (Å²) in [7, 11) is 0. The summed E-state index contributed by atoms with van der Waals surface area (Å²) in [6.45, 7) is 6.86. The second-order valence-electron chi connectivity index (χ2n) is 8.41. The summed E-state index contributed by atoms with van der Waals surface area (Å²) >= 11 is 0. The highest BCUT2D eigenvalue weighted by Gasteiger charge is 2.36. The topological polar surface area (TPSA) is 62.8 Å². The highest BCUT2D eigenvalue weighted by atomic mass is 16.7. The van der Waals surface area contributed by atoms with Gasteiger partial charge in [0.1, 0.15) is 0 Å². The second-order valence-corrected chi connectivity index (χ2v) is 8.41. The zero-order chi connectivity index (χ0) is 20.9. The van der Waals surface area contributed by atoms with Crippen LogP contribution in [0.25, 0.3) is 0 Å². The SMILES string of the molecule is CC(C)N[C@H]1C[C@@H](C(=O)NCCc2ccc3c(c2)OCO3)N(Cc2ccccc2)C1. The fourth-order valence-electron chi connectivity index (χ4n) is 4.31. The highest BCUT2D eigenvalue weighted by Crippen LogP contribution is 2.32. The van der Waals surface area contributed by atoms with Gasteiger partial charge in [-0.1, -0.05) is 50.2 Å². The number of amides is 1. The fraction of sp³-hybridized carbons (Fsp3) is 0.458. The zero-order valence-electron chi connectivity index (χ0n) is 17.8. The van der Waals surface area contributed by atoms with E-state index in [0.717, 1.165) is 43.0 Å². The lowest BCUT2D eigenvalue weighted by atomic mass is 10.1. The Bertz CT molecular complexity index is 856. The van der Waals surface area contributed by atoms with Crippen LogP contribution in [0.2, 0.25) is 0 Å². The van der Waals surface area contributed by atoms with Gasteiger partial charge in [-0.25, -0.2) is 0 Å². The van der Waals surface area contributed by atoms with Crippen molar-refractivity contribution in [2.75, 3.05) is 19.9 Å². The summed E-state index contributed by atoms with van der Waals surface area (Å²) in [6.07, 6.45) is 1.60. The van der Waals surface area contributed by atoms with Crippen LogP contribution in [0.5, 0.6) is 11.5 Å². The van der Waals surface area contributed by atoms with Crippen LogP contribution in [0.3, 0.4) is 0 Å². The number of nitrogens with zero attached hydrogens (tertiary/aromatic N) is 1. The Kier molecular flexibility index (Phi) is 6.55. The van der Waals surface area contributed by atoms with Crippen LogP contribution < -0.4 is 20.1 Å². The van der Waals surface area contributed by atoms with E-state index in [0.29, 0.717) is 18.6 Å². The third-order valence-electron chi connectivity index (χ3n) is 5.65. The molecule has 0 radical (unpaired) electrons. The summed E-state index contributed by atoms with van der Waals surface area (Å²) < 4.78 is 10.8. The third-order valence-corrected chi connectivity index (χ3v) is 5.65. The minimum Gasteiger partial charge on any atom is -0.454 e. The first-order chi connectivity index (χ1) is 14.6. The van der Waals surface area contributed by atoms with Crippen LogP contribution in [-0.4, -0.2) is 48.8 Å². The van der Waals surface area contributed by atoms with Crippen molar-refractivity contribution < 1.29 is 14.3 Å². The van der Waals surface area contributed by atoms with Gasteiger partial charge in [-0.2, -0.15) is 0 Å². The van der Waals surface area contributed by atoms with Crippen molar-refractivity contribution in [1.82, 2.24) is 15.5 Å². The Morgan fingerprint density at radius 1 is 1.10 bits per heavy atom. The maximum atomic E-state index is 13.0. The molecule has 2 aromatic carbocycles. The van der Waals surface area contributed by atoms with Crippen molar-refractivity contribution in [3.63, 3.8) is 0 Å². The average molecular weight is 410 g/mol. The minimum atomic E-state index is -0.113. The van der Waals surface area contributed by atoms with Crippen LogP contribution in [0.15, 0.2) is 48.5 Å². The number of nitrogens with one attached hydrogen (secondary N) is 2. The van der Waals surface area contributed by atoms with Gasteiger partial charge < -0.3 is 20.1 Å². The van der Waals surface area contributed by atoms with E-state index in [1.165, 1.54) is 5.56 Å². The number of hydrogen-bond acceptors (Lipinski definition) is 5. The van der Waals surface area contributed by atoms with Gasteiger partial charge in [0.15, 0.2) is 11.5 Å². The number of rotatable bonds is 8. The van der Waals surface area contributed by atoms with Crippen molar-refractivity contribution in [3.05, 3.63) is 59.7 Å². The summed E-state index contributed by atoms with van der Waals surface area (Å²) in [4.78, 5) is 15.3. The van der Waals surface area contributed by atoms with Gasteiger partial charge in [0.25, 0.3) is 0 Å². The predicted molar refractivity (Wildman–Crippen MR) is 117 cm³/mol. The molecule has 0 saturated carbocycles. The molecule has 160 valence electrons. The molecule has 4 rings (SSSR count). The molecule has 1 fully saturated rings. The molecular formula is C24H31N3O3. The van der Waals surface area contributed by atoms with E-state index < -0.39 is 0 Å². The Morgan fingerprint density at radius 2 is 1.90 bits per heavy atom. The molecule has 1 amide bonds. The predicted octanol–water partition coefficient (Wildman–Crippen LogP) is 2.72. The molecule has 1 saturated heterocycles. The van der Waals surface area contributed by atoms with E-state index in [1.807, 2.05) is 24.3 Å². The monoisotopic (exact) mass is 409 g/mol. The van der Waals surface area contributed by atoms with Gasteiger partial charge >= 0.3 is 0 Å². The number of carbonyl (C=O) groups is 1. The number of fused-ring (bicyclic) bond motifs is 1. The Labute approximate surface area is 178 Å². The van der Waals surface area contributed by atoms with Gasteiger partial charge in [0, 0.05) is 31.7 Å². The molecule has 30 heavy (non-hydrogen) atoms. The van der Waals surface area contributed by atoms with E-state index in [2.05, 4.69) is 53.6 Å². The largest absolute Gasteiger partial charge is 0.454 e. The first kappa shape index (κ1) is 20.7. The second kappa shape index (κ2) is 9.49. The molecule has 2 N–H and O–H groups in total. The summed E-state index contributed by atoms with van der Waals surface area (Å²) in [5.74, 6) is 1.68. The number of likely N-dealkylation sites (tertiary alicyclic amines) is 1. The van der Waals surface area contributed by atoms with Crippen LogP contribution in [-0.2, 0) is 17.8 Å². The van der Waals surface area contributed by atoms with Crippen molar-refractivity contribution in [2.24, 2.45) is 0 Å². The lowest BCUT2D eigenvalue weighted by Crippen LogP contribution is -2.43. The summed E-state index contributed by atoms with van der Waals surface area (Å²) in [5, 5.41) is 6.75. The van der Waals surface area contributed by atoms with E-state index in [4.69, 9.17) is 9.47 Å². The van der Waals surface area contributed by atoms with Gasteiger partial charge in [0.2, 0.25) is 12.7 Å². The molecule has 6 heteroatoms. The Hall–Kier alpha value is -2.57. The van der Waals surface area contributed by atoms with Crippen molar-refractivity contribution in [1.29, 1.82) is 0 Å². The Morgan fingerprint density at radius 3 is 2.70 bits per heavy atom. The molecule has 0 spiro atoms. The molecule has 2 aromatic rings. The summed E-state index contributed by atoms with van der Waals surface area (Å²) in [6, 6.07) is 16.9. The van der Waals surface area contributed by atoms with E-state index in [-0.39, 0.29) is 18.7 Å². The van der Waals surface area contributed by atoms with Crippen molar-refractivity contribution in [2.45, 2.75) is 51.4 Å². The molecular weight excluding hydrogens is 378 g/mol. The molecule has 2 heterocycles. The molecule has 2 aliphatic rings. The van der Waals surface area contributed by atoms with Gasteiger partial charge in [0.05, 0.1) is 6.04 Å². The lowest BCUT2D eigenvalue weighted by Gasteiger charge is -2.23. The number of carbonyl (C=O) groups excluding carboxylic acids is 1. The summed E-state index contributed by atoms with van der Waals surface area (Å²) in [5.41, 5.74) is 2.37. The number of benzene rings is 2. The van der Waals surface area contributed by atoms with E-state index in [9.17, 15) is 4.79 Å². The van der Waals surface area contributed by atoms with Gasteiger partial charge in [-0.05, 0) is 36.1 Å². The van der Waals surface area contributed by atoms with Crippen LogP contribution in [0.4, 0.5) is 0 Å². The third kappa shape index (κ3) is 5.12. The normalized spacial score (nSPS) is 20.6. The first-order valence-electron chi connectivity index (χ1n) is 10.8. The maximum Gasteiger partial charge on any atom is 0.237 e. The molecule has 6 nitrogen and oxygen atoms in total. The quantitative estimate of drug-likeness (QED) is 0.702. The first-order valence-corrected chi connectivity index (χ1v) is 10.8. The average Bonchev–Trinajstić information content (AvgIpc) is 3.34. The van der Waals surface area contributed by atoms with Crippen LogP contribution in [0, 0.1) is 0 Å². The Balaban J connectivity index is 1.34.